The minimum Gasteiger partial charge on any atom is -0.450 e. The van der Waals surface area contributed by atoms with Crippen LogP contribution in [0.3, 0.4) is 0 Å². The van der Waals surface area contributed by atoms with E-state index in [2.05, 4.69) is 10.2 Å². The Morgan fingerprint density at radius 2 is 1.87 bits per heavy atom. The van der Waals surface area contributed by atoms with Crippen molar-refractivity contribution >= 4 is 6.09 Å². The topological polar surface area (TPSA) is 44.8 Å². The lowest BCUT2D eigenvalue weighted by Gasteiger charge is -2.39. The maximum atomic E-state index is 11.9. The SMILES string of the molecule is CCOC(=O)N1CCCC(N2CCC(C3CCCN3)CC2)CC1. The van der Waals surface area contributed by atoms with Crippen LogP contribution in [0, 0.1) is 5.92 Å². The summed E-state index contributed by atoms with van der Waals surface area (Å²) in [5.41, 5.74) is 0. The van der Waals surface area contributed by atoms with Crippen molar-refractivity contribution in [2.24, 2.45) is 5.92 Å². The molecule has 0 aromatic rings. The summed E-state index contributed by atoms with van der Waals surface area (Å²) >= 11 is 0. The summed E-state index contributed by atoms with van der Waals surface area (Å²) < 4.78 is 5.16. The highest BCUT2D eigenvalue weighted by Gasteiger charge is 2.32. The Labute approximate surface area is 140 Å². The molecule has 0 radical (unpaired) electrons. The summed E-state index contributed by atoms with van der Waals surface area (Å²) in [4.78, 5) is 16.5. The first kappa shape index (κ1) is 17.0. The van der Waals surface area contributed by atoms with Crippen LogP contribution in [0.4, 0.5) is 4.79 Å². The van der Waals surface area contributed by atoms with Gasteiger partial charge in [-0.3, -0.25) is 0 Å². The van der Waals surface area contributed by atoms with Gasteiger partial charge in [-0.25, -0.2) is 4.79 Å². The van der Waals surface area contributed by atoms with Gasteiger partial charge in [0, 0.05) is 25.2 Å². The second kappa shape index (κ2) is 8.34. The van der Waals surface area contributed by atoms with Crippen molar-refractivity contribution in [1.29, 1.82) is 0 Å². The smallest absolute Gasteiger partial charge is 0.409 e. The van der Waals surface area contributed by atoms with E-state index in [1.807, 2.05) is 11.8 Å². The number of nitrogens with one attached hydrogen (secondary N) is 1. The molecule has 23 heavy (non-hydrogen) atoms. The molecule has 3 rings (SSSR count). The summed E-state index contributed by atoms with van der Waals surface area (Å²) in [7, 11) is 0. The first-order chi connectivity index (χ1) is 11.3. The lowest BCUT2D eigenvalue weighted by Crippen LogP contribution is -2.45. The molecular weight excluding hydrogens is 290 g/mol. The van der Waals surface area contributed by atoms with E-state index in [9.17, 15) is 4.79 Å². The van der Waals surface area contributed by atoms with Crippen LogP contribution in [0.2, 0.25) is 0 Å². The number of hydrogen-bond acceptors (Lipinski definition) is 4. The van der Waals surface area contributed by atoms with Crippen molar-refractivity contribution in [1.82, 2.24) is 15.1 Å². The molecule has 0 spiro atoms. The molecule has 3 aliphatic heterocycles. The monoisotopic (exact) mass is 323 g/mol. The van der Waals surface area contributed by atoms with Crippen LogP contribution in [0.5, 0.6) is 0 Å². The zero-order valence-electron chi connectivity index (χ0n) is 14.6. The molecule has 0 bridgehead atoms. The zero-order valence-corrected chi connectivity index (χ0v) is 14.6. The Morgan fingerprint density at radius 1 is 1.04 bits per heavy atom. The predicted octanol–water partition coefficient (Wildman–Crippen LogP) is 2.46. The number of rotatable bonds is 3. The zero-order chi connectivity index (χ0) is 16.1. The van der Waals surface area contributed by atoms with Gasteiger partial charge in [0.25, 0.3) is 0 Å². The molecule has 1 N–H and O–H groups in total. The van der Waals surface area contributed by atoms with E-state index in [0.29, 0.717) is 12.6 Å². The minimum atomic E-state index is -0.126. The maximum absolute atomic E-state index is 11.9. The van der Waals surface area contributed by atoms with Crippen LogP contribution in [0.15, 0.2) is 0 Å². The fraction of sp³-hybridized carbons (Fsp3) is 0.944. The van der Waals surface area contributed by atoms with Crippen molar-refractivity contribution in [2.45, 2.75) is 64.0 Å². The van der Waals surface area contributed by atoms with Gasteiger partial charge in [-0.15, -0.1) is 0 Å². The quantitative estimate of drug-likeness (QED) is 0.866. The van der Waals surface area contributed by atoms with Gasteiger partial charge in [0.1, 0.15) is 0 Å². The molecule has 1 amide bonds. The average Bonchev–Trinajstić information content (AvgIpc) is 3.00. The van der Waals surface area contributed by atoms with Crippen LogP contribution in [0.1, 0.15) is 51.9 Å². The third-order valence-electron chi connectivity index (χ3n) is 5.98. The molecule has 0 aromatic carbocycles. The standard InChI is InChI=1S/C18H33N3O2/c1-2-23-18(22)21-11-4-5-16(9-14-21)20-12-7-15(8-13-20)17-6-3-10-19-17/h15-17,19H,2-14H2,1H3. The Bertz CT molecular complexity index is 376. The predicted molar refractivity (Wildman–Crippen MR) is 91.6 cm³/mol. The average molecular weight is 323 g/mol. The molecule has 0 aliphatic carbocycles. The molecule has 3 saturated heterocycles. The van der Waals surface area contributed by atoms with Gasteiger partial charge in [-0.2, -0.15) is 0 Å². The third-order valence-corrected chi connectivity index (χ3v) is 5.98. The second-order valence-corrected chi connectivity index (χ2v) is 7.35. The minimum absolute atomic E-state index is 0.126. The number of nitrogens with zero attached hydrogens (tertiary/aromatic N) is 2. The van der Waals surface area contributed by atoms with Gasteiger partial charge in [-0.05, 0) is 77.4 Å². The first-order valence-electron chi connectivity index (χ1n) is 9.67. The molecular formula is C18H33N3O2. The van der Waals surface area contributed by atoms with E-state index in [4.69, 9.17) is 4.74 Å². The van der Waals surface area contributed by atoms with Crippen LogP contribution < -0.4 is 5.32 Å². The van der Waals surface area contributed by atoms with Gasteiger partial charge in [0.05, 0.1) is 6.61 Å². The number of ether oxygens (including phenoxy) is 1. The van der Waals surface area contributed by atoms with E-state index in [-0.39, 0.29) is 6.09 Å². The van der Waals surface area contributed by atoms with Gasteiger partial charge >= 0.3 is 6.09 Å². The third kappa shape index (κ3) is 4.38. The number of likely N-dealkylation sites (tertiary alicyclic amines) is 2. The van der Waals surface area contributed by atoms with Gasteiger partial charge in [0.2, 0.25) is 0 Å². The molecule has 0 saturated carbocycles. The maximum Gasteiger partial charge on any atom is 0.409 e. The summed E-state index contributed by atoms with van der Waals surface area (Å²) in [6, 6.07) is 1.44. The summed E-state index contributed by atoms with van der Waals surface area (Å²) in [6.07, 6.45) is 8.73. The van der Waals surface area contributed by atoms with Gasteiger partial charge < -0.3 is 19.9 Å². The molecule has 132 valence electrons. The molecule has 3 aliphatic rings. The van der Waals surface area contributed by atoms with Crippen molar-refractivity contribution in [2.75, 3.05) is 39.3 Å². The van der Waals surface area contributed by atoms with E-state index in [1.54, 1.807) is 0 Å². The Balaban J connectivity index is 1.44. The molecule has 3 heterocycles. The first-order valence-corrected chi connectivity index (χ1v) is 9.67. The van der Waals surface area contributed by atoms with Gasteiger partial charge in [-0.1, -0.05) is 0 Å². The lowest BCUT2D eigenvalue weighted by atomic mass is 9.87. The summed E-state index contributed by atoms with van der Waals surface area (Å²) in [5.74, 6) is 0.885. The number of carbonyl (C=O) groups excluding carboxylic acids is 1. The molecule has 5 nitrogen and oxygen atoms in total. The molecule has 3 fully saturated rings. The normalized spacial score (nSPS) is 31.1. The number of hydrogen-bond donors (Lipinski definition) is 1. The van der Waals surface area contributed by atoms with Crippen molar-refractivity contribution < 1.29 is 9.53 Å². The van der Waals surface area contributed by atoms with Crippen LogP contribution in [-0.2, 0) is 4.74 Å². The Hall–Kier alpha value is -0.810. The molecule has 2 unspecified atom stereocenters. The van der Waals surface area contributed by atoms with Crippen molar-refractivity contribution in [3.8, 4) is 0 Å². The number of piperidine rings is 1. The van der Waals surface area contributed by atoms with Crippen LogP contribution in [-0.4, -0.2) is 67.3 Å². The van der Waals surface area contributed by atoms with Gasteiger partial charge in [0.15, 0.2) is 0 Å². The number of amides is 1. The van der Waals surface area contributed by atoms with Crippen LogP contribution >= 0.6 is 0 Å². The fourth-order valence-electron chi connectivity index (χ4n) is 4.64. The highest BCUT2D eigenvalue weighted by molar-refractivity contribution is 5.67. The molecule has 0 aromatic heterocycles. The van der Waals surface area contributed by atoms with Crippen LogP contribution in [0.25, 0.3) is 0 Å². The second-order valence-electron chi connectivity index (χ2n) is 7.35. The van der Waals surface area contributed by atoms with Crippen molar-refractivity contribution in [3.63, 3.8) is 0 Å². The molecule has 2 atom stereocenters. The van der Waals surface area contributed by atoms with E-state index < -0.39 is 0 Å². The van der Waals surface area contributed by atoms with E-state index in [0.717, 1.165) is 37.9 Å². The fourth-order valence-corrected chi connectivity index (χ4v) is 4.64. The summed E-state index contributed by atoms with van der Waals surface area (Å²) in [6.45, 7) is 7.77. The Morgan fingerprint density at radius 3 is 2.57 bits per heavy atom. The lowest BCUT2D eigenvalue weighted by molar-refractivity contribution is 0.0995. The number of carbonyl (C=O) groups is 1. The van der Waals surface area contributed by atoms with E-state index >= 15 is 0 Å². The van der Waals surface area contributed by atoms with E-state index in [1.165, 1.54) is 51.7 Å². The highest BCUT2D eigenvalue weighted by Crippen LogP contribution is 2.28. The van der Waals surface area contributed by atoms with Crippen molar-refractivity contribution in [3.05, 3.63) is 0 Å². The highest BCUT2D eigenvalue weighted by atomic mass is 16.6. The molecule has 5 heteroatoms. The Kier molecular flexibility index (Phi) is 6.17. The summed E-state index contributed by atoms with van der Waals surface area (Å²) in [5, 5.41) is 3.68. The largest absolute Gasteiger partial charge is 0.450 e.